The molecule has 0 radical (unpaired) electrons. The number of likely N-dealkylation sites (tertiary alicyclic amines) is 2. The minimum atomic E-state index is -0.552. The van der Waals surface area contributed by atoms with E-state index < -0.39 is 11.2 Å². The highest BCUT2D eigenvalue weighted by molar-refractivity contribution is 5.75. The number of imidazole rings is 1. The van der Waals surface area contributed by atoms with Crippen molar-refractivity contribution in [2.45, 2.75) is 57.7 Å². The van der Waals surface area contributed by atoms with Gasteiger partial charge in [-0.15, -0.1) is 0 Å². The second-order valence-corrected chi connectivity index (χ2v) is 13.5. The molecule has 4 aliphatic heterocycles. The van der Waals surface area contributed by atoms with Crippen LogP contribution in [-0.4, -0.2) is 83.0 Å². The molecule has 10 nitrogen and oxygen atoms in total. The van der Waals surface area contributed by atoms with Crippen LogP contribution in [0.2, 0.25) is 0 Å². The number of amides is 2. The second kappa shape index (κ2) is 8.78. The summed E-state index contributed by atoms with van der Waals surface area (Å²) in [5.41, 5.74) is 2.11. The van der Waals surface area contributed by atoms with Gasteiger partial charge in [0.2, 0.25) is 5.95 Å². The van der Waals surface area contributed by atoms with Gasteiger partial charge in [0, 0.05) is 70.1 Å². The predicted octanol–water partition coefficient (Wildman–Crippen LogP) is 4.37. The van der Waals surface area contributed by atoms with Crippen molar-refractivity contribution in [3.63, 3.8) is 0 Å². The van der Waals surface area contributed by atoms with E-state index in [-0.39, 0.29) is 17.6 Å². The van der Waals surface area contributed by atoms with Gasteiger partial charge in [0.05, 0.1) is 12.3 Å². The van der Waals surface area contributed by atoms with Crippen LogP contribution in [0.3, 0.4) is 0 Å². The lowest BCUT2D eigenvalue weighted by Crippen LogP contribution is -2.73. The number of carbonyl (C=O) groups is 2. The molecule has 0 bridgehead atoms. The van der Waals surface area contributed by atoms with Crippen molar-refractivity contribution >= 4 is 18.1 Å². The maximum atomic E-state index is 12.7. The standard InChI is InChI=1S/C30H39N5O5/c1-28(2,3)40-27(37)35-18-29(19-35)16-34(17-29)25-31-23-21-7-5-6-8-22(21)39-30(24(23)32(25)4)11-13-33(14-12-30)26(36)38-15-20-9-10-20/h5-8,20H,9-19H2,1-4H3. The first-order valence-electron chi connectivity index (χ1n) is 14.6. The Bertz CT molecular complexity index is 1340. The number of piperidine rings is 1. The van der Waals surface area contributed by atoms with E-state index in [0.29, 0.717) is 51.5 Å². The minimum Gasteiger partial charge on any atom is -0.480 e. The molecule has 0 unspecified atom stereocenters. The van der Waals surface area contributed by atoms with E-state index in [1.165, 1.54) is 0 Å². The molecule has 1 aliphatic carbocycles. The van der Waals surface area contributed by atoms with Gasteiger partial charge >= 0.3 is 12.2 Å². The number of hydrogen-bond donors (Lipinski definition) is 0. The number of carbonyl (C=O) groups excluding carboxylic acids is 2. The molecule has 7 rings (SSSR count). The summed E-state index contributed by atoms with van der Waals surface area (Å²) in [4.78, 5) is 36.3. The van der Waals surface area contributed by atoms with Crippen LogP contribution in [0.4, 0.5) is 15.5 Å². The van der Waals surface area contributed by atoms with Crippen molar-refractivity contribution < 1.29 is 23.8 Å². The third kappa shape index (κ3) is 4.27. The minimum absolute atomic E-state index is 0.0988. The number of rotatable bonds is 3. The van der Waals surface area contributed by atoms with Crippen LogP contribution in [0.25, 0.3) is 11.3 Å². The predicted molar refractivity (Wildman–Crippen MR) is 148 cm³/mol. The third-order valence-corrected chi connectivity index (χ3v) is 8.96. The van der Waals surface area contributed by atoms with Gasteiger partial charge in [-0.3, -0.25) is 0 Å². The average Bonchev–Trinajstić information content (AvgIpc) is 3.62. The molecule has 1 saturated carbocycles. The zero-order valence-electron chi connectivity index (χ0n) is 23.9. The largest absolute Gasteiger partial charge is 0.480 e. The normalized spacial score (nSPS) is 22.1. The molecule has 5 aliphatic rings. The van der Waals surface area contributed by atoms with Crippen LogP contribution < -0.4 is 9.64 Å². The maximum absolute atomic E-state index is 12.7. The Morgan fingerprint density at radius 3 is 2.40 bits per heavy atom. The van der Waals surface area contributed by atoms with E-state index in [4.69, 9.17) is 19.2 Å². The zero-order valence-corrected chi connectivity index (χ0v) is 23.9. The van der Waals surface area contributed by atoms with Crippen molar-refractivity contribution in [3.05, 3.63) is 30.0 Å². The molecule has 2 amide bonds. The van der Waals surface area contributed by atoms with E-state index in [1.54, 1.807) is 4.90 Å². The molecule has 2 spiro atoms. The number of fused-ring (bicyclic) bond motifs is 4. The first-order chi connectivity index (χ1) is 19.0. The van der Waals surface area contributed by atoms with Crippen LogP contribution in [0.15, 0.2) is 24.3 Å². The second-order valence-electron chi connectivity index (χ2n) is 13.5. The summed E-state index contributed by atoms with van der Waals surface area (Å²) in [6, 6.07) is 8.11. The summed E-state index contributed by atoms with van der Waals surface area (Å²) in [5, 5.41) is 0. The monoisotopic (exact) mass is 549 g/mol. The summed E-state index contributed by atoms with van der Waals surface area (Å²) in [5.74, 6) is 2.32. The molecule has 1 aromatic carbocycles. The smallest absolute Gasteiger partial charge is 0.410 e. The van der Waals surface area contributed by atoms with Crippen LogP contribution in [0.1, 0.15) is 52.1 Å². The highest BCUT2D eigenvalue weighted by Gasteiger charge is 2.56. The Balaban J connectivity index is 1.09. The molecule has 1 aromatic heterocycles. The molecule has 5 heterocycles. The van der Waals surface area contributed by atoms with E-state index in [0.717, 1.165) is 54.6 Å². The van der Waals surface area contributed by atoms with Crippen LogP contribution >= 0.6 is 0 Å². The summed E-state index contributed by atoms with van der Waals surface area (Å²) in [6.45, 7) is 10.5. The van der Waals surface area contributed by atoms with Gasteiger partial charge in [-0.05, 0) is 51.7 Å². The number of aromatic nitrogens is 2. The lowest BCUT2D eigenvalue weighted by atomic mass is 9.73. The molecule has 3 saturated heterocycles. The number of anilines is 1. The Morgan fingerprint density at radius 1 is 1.02 bits per heavy atom. The Hall–Kier alpha value is -3.43. The van der Waals surface area contributed by atoms with Gasteiger partial charge in [-0.2, -0.15) is 0 Å². The van der Waals surface area contributed by atoms with Crippen molar-refractivity contribution in [2.75, 3.05) is 50.8 Å². The van der Waals surface area contributed by atoms with Gasteiger partial charge in [-0.1, -0.05) is 12.1 Å². The molecule has 40 heavy (non-hydrogen) atoms. The lowest BCUT2D eigenvalue weighted by molar-refractivity contribution is -0.0459. The molecule has 214 valence electrons. The van der Waals surface area contributed by atoms with Crippen LogP contribution in [0.5, 0.6) is 5.75 Å². The summed E-state index contributed by atoms with van der Waals surface area (Å²) < 4.78 is 20.1. The molecule has 0 N–H and O–H groups in total. The maximum Gasteiger partial charge on any atom is 0.410 e. The van der Waals surface area contributed by atoms with E-state index in [9.17, 15) is 9.59 Å². The van der Waals surface area contributed by atoms with E-state index in [1.807, 2.05) is 43.9 Å². The van der Waals surface area contributed by atoms with Crippen molar-refractivity contribution in [2.24, 2.45) is 18.4 Å². The fraction of sp³-hybridized carbons (Fsp3) is 0.633. The van der Waals surface area contributed by atoms with Gasteiger partial charge < -0.3 is 33.5 Å². The highest BCUT2D eigenvalue weighted by Crippen LogP contribution is 2.51. The Morgan fingerprint density at radius 2 is 1.73 bits per heavy atom. The van der Waals surface area contributed by atoms with E-state index in [2.05, 4.69) is 22.6 Å². The van der Waals surface area contributed by atoms with Gasteiger partial charge in [0.15, 0.2) is 5.60 Å². The van der Waals surface area contributed by atoms with Gasteiger partial charge in [0.25, 0.3) is 0 Å². The lowest BCUT2D eigenvalue weighted by Gasteiger charge is -2.59. The summed E-state index contributed by atoms with van der Waals surface area (Å²) >= 11 is 0. The fourth-order valence-electron chi connectivity index (χ4n) is 6.77. The first-order valence-corrected chi connectivity index (χ1v) is 14.6. The number of ether oxygens (including phenoxy) is 3. The van der Waals surface area contributed by atoms with Crippen molar-refractivity contribution in [3.8, 4) is 17.0 Å². The summed E-state index contributed by atoms with van der Waals surface area (Å²) in [6.07, 6.45) is 3.24. The molecule has 0 atom stereocenters. The average molecular weight is 550 g/mol. The van der Waals surface area contributed by atoms with Crippen LogP contribution in [0, 0.1) is 11.3 Å². The topological polar surface area (TPSA) is 89.4 Å². The zero-order chi connectivity index (χ0) is 27.9. The molecule has 2 aromatic rings. The molecular weight excluding hydrogens is 510 g/mol. The van der Waals surface area contributed by atoms with Crippen molar-refractivity contribution in [1.29, 1.82) is 0 Å². The Labute approximate surface area is 235 Å². The SMILES string of the molecule is Cn1c(N2CC3(CN(C(=O)OC(C)(C)C)C3)C2)nc2c1C1(CCN(C(=O)OCC3CC3)CC1)Oc1ccccc1-2. The quantitative estimate of drug-likeness (QED) is 0.562. The molecular formula is C30H39N5O5. The van der Waals surface area contributed by atoms with Crippen molar-refractivity contribution in [1.82, 2.24) is 19.4 Å². The number of nitrogens with zero attached hydrogens (tertiary/aromatic N) is 5. The fourth-order valence-corrected chi connectivity index (χ4v) is 6.77. The summed E-state index contributed by atoms with van der Waals surface area (Å²) in [7, 11) is 2.08. The van der Waals surface area contributed by atoms with Crippen LogP contribution in [-0.2, 0) is 22.1 Å². The van der Waals surface area contributed by atoms with Gasteiger partial charge in [-0.25, -0.2) is 14.6 Å². The first kappa shape index (κ1) is 25.5. The number of hydrogen-bond acceptors (Lipinski definition) is 7. The molecule has 4 fully saturated rings. The number of para-hydroxylation sites is 1. The molecule has 10 heteroatoms. The number of benzene rings is 1. The van der Waals surface area contributed by atoms with Gasteiger partial charge in [0.1, 0.15) is 17.0 Å². The van der Waals surface area contributed by atoms with E-state index >= 15 is 0 Å². The highest BCUT2D eigenvalue weighted by atomic mass is 16.6. The third-order valence-electron chi connectivity index (χ3n) is 8.96. The Kier molecular flexibility index (Phi) is 5.61.